The average molecular weight is 229 g/mol. The molecule has 84 valence electrons. The highest BCUT2D eigenvalue weighted by atomic mass is 35.5. The fourth-order valence-corrected chi connectivity index (χ4v) is 1.78. The van der Waals surface area contributed by atoms with Gasteiger partial charge in [0.05, 0.1) is 17.7 Å². The van der Waals surface area contributed by atoms with Gasteiger partial charge in [-0.25, -0.2) is 0 Å². The molecule has 0 bridgehead atoms. The van der Waals surface area contributed by atoms with Gasteiger partial charge in [-0.15, -0.1) is 0 Å². The van der Waals surface area contributed by atoms with E-state index in [1.807, 2.05) is 26.0 Å². The lowest BCUT2D eigenvalue weighted by Crippen LogP contribution is -2.41. The Labute approximate surface area is 95.4 Å². The molecule has 0 radical (unpaired) electrons. The molecule has 1 aromatic carbocycles. The lowest BCUT2D eigenvalue weighted by molar-refractivity contribution is 0.413. The summed E-state index contributed by atoms with van der Waals surface area (Å²) >= 11 is 6.04. The van der Waals surface area contributed by atoms with Crippen molar-refractivity contribution in [2.24, 2.45) is 11.5 Å². The van der Waals surface area contributed by atoms with Crippen molar-refractivity contribution in [1.29, 1.82) is 0 Å². The highest BCUT2D eigenvalue weighted by Gasteiger charge is 2.22. The Balaban J connectivity index is 3.28. The highest BCUT2D eigenvalue weighted by molar-refractivity contribution is 6.32. The molecular formula is C11H17ClN2O. The minimum absolute atomic E-state index is 0.372. The first-order valence-electron chi connectivity index (χ1n) is 4.76. The van der Waals surface area contributed by atoms with Crippen molar-refractivity contribution in [3.8, 4) is 5.75 Å². The molecule has 0 saturated carbocycles. The van der Waals surface area contributed by atoms with Gasteiger partial charge in [0, 0.05) is 6.54 Å². The maximum atomic E-state index is 6.07. The fourth-order valence-electron chi connectivity index (χ4n) is 1.54. The van der Waals surface area contributed by atoms with Crippen LogP contribution in [0.5, 0.6) is 5.75 Å². The Hall–Kier alpha value is -0.770. The van der Waals surface area contributed by atoms with E-state index in [0.717, 1.165) is 11.1 Å². The largest absolute Gasteiger partial charge is 0.495 e. The first-order chi connectivity index (χ1) is 6.92. The van der Waals surface area contributed by atoms with Gasteiger partial charge in [-0.3, -0.25) is 0 Å². The molecular weight excluding hydrogens is 212 g/mol. The van der Waals surface area contributed by atoms with Crippen molar-refractivity contribution < 1.29 is 4.74 Å². The van der Waals surface area contributed by atoms with Crippen molar-refractivity contribution in [2.75, 3.05) is 13.7 Å². The summed E-state index contributed by atoms with van der Waals surface area (Å²) in [6, 6.07) is 3.70. The van der Waals surface area contributed by atoms with Crippen LogP contribution in [0.4, 0.5) is 0 Å². The summed E-state index contributed by atoms with van der Waals surface area (Å²) in [6.07, 6.45) is 0. The normalized spacial score (nSPS) is 14.8. The van der Waals surface area contributed by atoms with Gasteiger partial charge in [0.15, 0.2) is 0 Å². The van der Waals surface area contributed by atoms with Crippen LogP contribution in [0.1, 0.15) is 18.1 Å². The molecule has 3 nitrogen and oxygen atoms in total. The van der Waals surface area contributed by atoms with Crippen molar-refractivity contribution in [3.63, 3.8) is 0 Å². The standard InChI is InChI=1S/C11H17ClN2O/c1-7-4-10(15-3)9(12)5-8(7)11(2,14)6-13/h4-5H,6,13-14H2,1-3H3. The van der Waals surface area contributed by atoms with Crippen LogP contribution in [0.2, 0.25) is 5.02 Å². The van der Waals surface area contributed by atoms with E-state index >= 15 is 0 Å². The molecule has 0 spiro atoms. The summed E-state index contributed by atoms with van der Waals surface area (Å²) in [5.41, 5.74) is 13.1. The van der Waals surface area contributed by atoms with E-state index in [9.17, 15) is 0 Å². The van der Waals surface area contributed by atoms with Crippen LogP contribution in [0.3, 0.4) is 0 Å². The Kier molecular flexibility index (Phi) is 3.60. The molecule has 0 fully saturated rings. The van der Waals surface area contributed by atoms with E-state index in [2.05, 4.69) is 0 Å². The maximum Gasteiger partial charge on any atom is 0.137 e. The van der Waals surface area contributed by atoms with E-state index in [-0.39, 0.29) is 0 Å². The fraction of sp³-hybridized carbons (Fsp3) is 0.455. The number of hydrogen-bond acceptors (Lipinski definition) is 3. The SMILES string of the molecule is COc1cc(C)c(C(C)(N)CN)cc1Cl. The summed E-state index contributed by atoms with van der Waals surface area (Å²) in [4.78, 5) is 0. The number of rotatable bonds is 3. The zero-order valence-corrected chi connectivity index (χ0v) is 10.1. The Morgan fingerprint density at radius 2 is 2.07 bits per heavy atom. The second kappa shape index (κ2) is 4.39. The maximum absolute atomic E-state index is 6.07. The van der Waals surface area contributed by atoms with Crippen LogP contribution in [-0.4, -0.2) is 13.7 Å². The summed E-state index contributed by atoms with van der Waals surface area (Å²) in [5.74, 6) is 0.658. The Morgan fingerprint density at radius 3 is 2.53 bits per heavy atom. The van der Waals surface area contributed by atoms with Crippen molar-refractivity contribution in [3.05, 3.63) is 28.3 Å². The number of halogens is 1. The van der Waals surface area contributed by atoms with Crippen LogP contribution in [-0.2, 0) is 5.54 Å². The first kappa shape index (κ1) is 12.3. The van der Waals surface area contributed by atoms with E-state index in [4.69, 9.17) is 27.8 Å². The number of methoxy groups -OCH3 is 1. The summed E-state index contributed by atoms with van der Waals surface area (Å²) in [6.45, 7) is 4.23. The first-order valence-corrected chi connectivity index (χ1v) is 5.13. The van der Waals surface area contributed by atoms with Crippen LogP contribution in [0, 0.1) is 6.92 Å². The zero-order valence-electron chi connectivity index (χ0n) is 9.30. The number of aryl methyl sites for hydroxylation is 1. The second-order valence-corrected chi connectivity index (χ2v) is 4.33. The number of benzene rings is 1. The zero-order chi connectivity index (χ0) is 11.6. The monoisotopic (exact) mass is 228 g/mol. The smallest absolute Gasteiger partial charge is 0.137 e. The van der Waals surface area contributed by atoms with Crippen LogP contribution >= 0.6 is 11.6 Å². The van der Waals surface area contributed by atoms with Gasteiger partial charge in [0.2, 0.25) is 0 Å². The minimum atomic E-state index is -0.556. The number of nitrogens with two attached hydrogens (primary N) is 2. The molecule has 0 aliphatic carbocycles. The van der Waals surface area contributed by atoms with E-state index in [0.29, 0.717) is 17.3 Å². The number of hydrogen-bond donors (Lipinski definition) is 2. The lowest BCUT2D eigenvalue weighted by atomic mass is 9.89. The third kappa shape index (κ3) is 2.43. The van der Waals surface area contributed by atoms with Crippen molar-refractivity contribution >= 4 is 11.6 Å². The van der Waals surface area contributed by atoms with Crippen LogP contribution in [0.25, 0.3) is 0 Å². The molecule has 15 heavy (non-hydrogen) atoms. The molecule has 4 N–H and O–H groups in total. The van der Waals surface area contributed by atoms with Crippen molar-refractivity contribution in [2.45, 2.75) is 19.4 Å². The topological polar surface area (TPSA) is 61.3 Å². The molecule has 4 heteroatoms. The molecule has 1 atom stereocenters. The Morgan fingerprint density at radius 1 is 1.47 bits per heavy atom. The lowest BCUT2D eigenvalue weighted by Gasteiger charge is -2.25. The van der Waals surface area contributed by atoms with Gasteiger partial charge in [0.25, 0.3) is 0 Å². The Bertz CT molecular complexity index is 364. The van der Waals surface area contributed by atoms with Gasteiger partial charge in [-0.2, -0.15) is 0 Å². The minimum Gasteiger partial charge on any atom is -0.495 e. The van der Waals surface area contributed by atoms with Gasteiger partial charge < -0.3 is 16.2 Å². The van der Waals surface area contributed by atoms with E-state index in [1.165, 1.54) is 0 Å². The predicted octanol–water partition coefficient (Wildman–Crippen LogP) is 1.79. The van der Waals surface area contributed by atoms with E-state index in [1.54, 1.807) is 7.11 Å². The van der Waals surface area contributed by atoms with Gasteiger partial charge >= 0.3 is 0 Å². The van der Waals surface area contributed by atoms with Gasteiger partial charge in [-0.05, 0) is 37.1 Å². The van der Waals surface area contributed by atoms with Gasteiger partial charge in [-0.1, -0.05) is 11.6 Å². The second-order valence-electron chi connectivity index (χ2n) is 3.92. The highest BCUT2D eigenvalue weighted by Crippen LogP contribution is 2.31. The quantitative estimate of drug-likeness (QED) is 0.829. The summed E-state index contributed by atoms with van der Waals surface area (Å²) in [7, 11) is 1.59. The molecule has 0 heterocycles. The molecule has 1 unspecified atom stereocenters. The summed E-state index contributed by atoms with van der Waals surface area (Å²) in [5, 5.41) is 0.559. The molecule has 1 aromatic rings. The molecule has 0 aromatic heterocycles. The van der Waals surface area contributed by atoms with Crippen LogP contribution < -0.4 is 16.2 Å². The third-order valence-electron chi connectivity index (χ3n) is 2.54. The van der Waals surface area contributed by atoms with Gasteiger partial charge in [0.1, 0.15) is 5.75 Å². The molecule has 0 aliphatic heterocycles. The molecule has 0 aliphatic rings. The van der Waals surface area contributed by atoms with E-state index < -0.39 is 5.54 Å². The third-order valence-corrected chi connectivity index (χ3v) is 2.83. The summed E-state index contributed by atoms with van der Waals surface area (Å²) < 4.78 is 5.12. The molecule has 0 amide bonds. The molecule has 0 saturated heterocycles. The number of ether oxygens (including phenoxy) is 1. The average Bonchev–Trinajstić information content (AvgIpc) is 2.20. The predicted molar refractivity (Wildman–Crippen MR) is 63.3 cm³/mol. The van der Waals surface area contributed by atoms with Crippen molar-refractivity contribution in [1.82, 2.24) is 0 Å². The molecule has 1 rings (SSSR count). The van der Waals surface area contributed by atoms with Crippen LogP contribution in [0.15, 0.2) is 12.1 Å².